The predicted octanol–water partition coefficient (Wildman–Crippen LogP) is 6.94. The summed E-state index contributed by atoms with van der Waals surface area (Å²) in [6, 6.07) is 17.0. The molecule has 0 saturated carbocycles. The third kappa shape index (κ3) is 6.00. The van der Waals surface area contributed by atoms with Crippen LogP contribution in [0.4, 0.5) is 5.69 Å². The zero-order valence-corrected chi connectivity index (χ0v) is 25.7. The monoisotopic (exact) mass is 640 g/mol. The van der Waals surface area contributed by atoms with Crippen LogP contribution in [0, 0.1) is 0 Å². The molecule has 1 aliphatic rings. The fraction of sp³-hybridized carbons (Fsp3) is 0.241. The van der Waals surface area contributed by atoms with Crippen molar-refractivity contribution in [3.05, 3.63) is 87.0 Å². The summed E-state index contributed by atoms with van der Waals surface area (Å²) >= 11 is 15.4. The molecular formula is C29H26Cl2N6O3S2. The molecule has 42 heavy (non-hydrogen) atoms. The SMILES string of the molecule is CCOc1ccccc1N1CCN(C(=O)c2csc(CSc3nnc(-c4ccco4)n3-c3ccc(Cl)c(Cl)c3)n2)CC1. The van der Waals surface area contributed by atoms with Gasteiger partial charge in [-0.3, -0.25) is 9.36 Å². The molecule has 13 heteroatoms. The number of benzene rings is 2. The molecule has 5 aromatic rings. The van der Waals surface area contributed by atoms with Crippen LogP contribution in [-0.4, -0.2) is 63.3 Å². The number of carbonyl (C=O) groups excluding carboxylic acids is 1. The first-order valence-electron chi connectivity index (χ1n) is 13.3. The van der Waals surface area contributed by atoms with Crippen LogP contribution in [0.2, 0.25) is 10.0 Å². The van der Waals surface area contributed by atoms with E-state index in [1.807, 2.05) is 52.1 Å². The molecule has 1 amide bonds. The summed E-state index contributed by atoms with van der Waals surface area (Å²) in [4.78, 5) is 22.1. The molecule has 216 valence electrons. The second-order valence-electron chi connectivity index (χ2n) is 9.31. The van der Waals surface area contributed by atoms with Gasteiger partial charge < -0.3 is 19.0 Å². The topological polar surface area (TPSA) is 89.5 Å². The third-order valence-electron chi connectivity index (χ3n) is 6.70. The van der Waals surface area contributed by atoms with Gasteiger partial charge >= 0.3 is 0 Å². The second-order valence-corrected chi connectivity index (χ2v) is 12.0. The van der Waals surface area contributed by atoms with E-state index in [9.17, 15) is 4.79 Å². The van der Waals surface area contributed by atoms with E-state index in [2.05, 4.69) is 26.1 Å². The molecule has 6 rings (SSSR count). The maximum atomic E-state index is 13.3. The average molecular weight is 642 g/mol. The zero-order chi connectivity index (χ0) is 29.1. The maximum Gasteiger partial charge on any atom is 0.273 e. The van der Waals surface area contributed by atoms with Crippen molar-refractivity contribution >= 4 is 57.9 Å². The number of halogens is 2. The van der Waals surface area contributed by atoms with E-state index < -0.39 is 0 Å². The lowest BCUT2D eigenvalue weighted by Crippen LogP contribution is -2.49. The third-order valence-corrected chi connectivity index (χ3v) is 9.42. The highest BCUT2D eigenvalue weighted by molar-refractivity contribution is 7.98. The molecule has 0 atom stereocenters. The van der Waals surface area contributed by atoms with E-state index in [-0.39, 0.29) is 5.91 Å². The van der Waals surface area contributed by atoms with Crippen molar-refractivity contribution in [2.24, 2.45) is 0 Å². The lowest BCUT2D eigenvalue weighted by atomic mass is 10.2. The number of ether oxygens (including phenoxy) is 1. The quantitative estimate of drug-likeness (QED) is 0.160. The number of hydrogen-bond acceptors (Lipinski definition) is 9. The van der Waals surface area contributed by atoms with Crippen LogP contribution >= 0.6 is 46.3 Å². The van der Waals surface area contributed by atoms with Gasteiger partial charge in [0.25, 0.3) is 5.91 Å². The number of furan rings is 1. The lowest BCUT2D eigenvalue weighted by molar-refractivity contribution is 0.0741. The molecule has 0 bridgehead atoms. The van der Waals surface area contributed by atoms with Crippen LogP contribution < -0.4 is 9.64 Å². The van der Waals surface area contributed by atoms with Gasteiger partial charge in [0.05, 0.1) is 40.0 Å². The van der Waals surface area contributed by atoms with E-state index in [1.54, 1.807) is 24.5 Å². The molecule has 1 aliphatic heterocycles. The minimum absolute atomic E-state index is 0.0562. The minimum Gasteiger partial charge on any atom is -0.492 e. The van der Waals surface area contributed by atoms with E-state index in [0.717, 1.165) is 35.2 Å². The molecular weight excluding hydrogens is 615 g/mol. The van der Waals surface area contributed by atoms with Gasteiger partial charge in [-0.2, -0.15) is 0 Å². The fourth-order valence-electron chi connectivity index (χ4n) is 4.70. The number of thioether (sulfide) groups is 1. The Bertz CT molecular complexity index is 1680. The van der Waals surface area contributed by atoms with Crippen LogP contribution in [0.1, 0.15) is 22.4 Å². The number of amides is 1. The molecule has 0 aliphatic carbocycles. The van der Waals surface area contributed by atoms with Crippen molar-refractivity contribution < 1.29 is 13.9 Å². The van der Waals surface area contributed by atoms with Gasteiger partial charge in [0.1, 0.15) is 16.5 Å². The molecule has 2 aromatic carbocycles. The Morgan fingerprint density at radius 1 is 1.05 bits per heavy atom. The standard InChI is InChI=1S/C29H26Cl2N6O3S2/c1-2-39-24-7-4-3-6-23(24)35-11-13-36(14-12-35)28(38)22-17-41-26(32-22)18-42-29-34-33-27(25-8-5-15-40-25)37(29)19-9-10-20(30)21(31)16-19/h3-10,15-17H,2,11-14,18H2,1H3. The Kier molecular flexibility index (Phi) is 8.71. The van der Waals surface area contributed by atoms with Crippen molar-refractivity contribution in [1.29, 1.82) is 0 Å². The molecule has 0 N–H and O–H groups in total. The number of hydrogen-bond donors (Lipinski definition) is 0. The van der Waals surface area contributed by atoms with Crippen LogP contribution in [0.5, 0.6) is 5.75 Å². The second kappa shape index (κ2) is 12.8. The summed E-state index contributed by atoms with van der Waals surface area (Å²) in [5.41, 5.74) is 2.27. The van der Waals surface area contributed by atoms with Crippen molar-refractivity contribution in [1.82, 2.24) is 24.6 Å². The number of piperazine rings is 1. The summed E-state index contributed by atoms with van der Waals surface area (Å²) in [5, 5.41) is 12.9. The zero-order valence-electron chi connectivity index (χ0n) is 22.6. The molecule has 0 radical (unpaired) electrons. The molecule has 0 unspecified atom stereocenters. The van der Waals surface area contributed by atoms with E-state index in [0.29, 0.717) is 57.9 Å². The number of para-hydroxylation sites is 2. The highest BCUT2D eigenvalue weighted by Gasteiger charge is 2.26. The highest BCUT2D eigenvalue weighted by atomic mass is 35.5. The highest BCUT2D eigenvalue weighted by Crippen LogP contribution is 2.33. The summed E-state index contributed by atoms with van der Waals surface area (Å²) < 4.78 is 13.3. The number of rotatable bonds is 9. The Morgan fingerprint density at radius 2 is 1.88 bits per heavy atom. The minimum atomic E-state index is -0.0562. The predicted molar refractivity (Wildman–Crippen MR) is 166 cm³/mol. The van der Waals surface area contributed by atoms with Gasteiger partial charge in [-0.1, -0.05) is 47.1 Å². The number of nitrogens with zero attached hydrogens (tertiary/aromatic N) is 6. The van der Waals surface area contributed by atoms with Gasteiger partial charge in [0, 0.05) is 31.6 Å². The van der Waals surface area contributed by atoms with Crippen molar-refractivity contribution in [3.8, 4) is 23.0 Å². The summed E-state index contributed by atoms with van der Waals surface area (Å²) in [7, 11) is 0. The van der Waals surface area contributed by atoms with E-state index >= 15 is 0 Å². The molecule has 0 spiro atoms. The maximum absolute atomic E-state index is 13.3. The first kappa shape index (κ1) is 28.6. The average Bonchev–Trinajstić information content (AvgIpc) is 3.79. The summed E-state index contributed by atoms with van der Waals surface area (Å²) in [6.07, 6.45) is 1.59. The molecule has 3 aromatic heterocycles. The van der Waals surface area contributed by atoms with Gasteiger partial charge in [0.2, 0.25) is 5.82 Å². The number of aromatic nitrogens is 4. The number of anilines is 1. The molecule has 4 heterocycles. The summed E-state index contributed by atoms with van der Waals surface area (Å²) in [6.45, 7) is 5.27. The van der Waals surface area contributed by atoms with Crippen LogP contribution in [0.25, 0.3) is 17.3 Å². The first-order chi connectivity index (χ1) is 20.5. The number of thiazole rings is 1. The lowest BCUT2D eigenvalue weighted by Gasteiger charge is -2.36. The summed E-state index contributed by atoms with van der Waals surface area (Å²) in [5.74, 6) is 2.44. The Morgan fingerprint density at radius 3 is 2.64 bits per heavy atom. The van der Waals surface area contributed by atoms with Crippen LogP contribution in [0.15, 0.2) is 75.8 Å². The van der Waals surface area contributed by atoms with Gasteiger partial charge in [-0.15, -0.1) is 21.5 Å². The molecule has 9 nitrogen and oxygen atoms in total. The van der Waals surface area contributed by atoms with Gasteiger partial charge in [-0.25, -0.2) is 4.98 Å². The van der Waals surface area contributed by atoms with Crippen molar-refractivity contribution in [2.75, 3.05) is 37.7 Å². The van der Waals surface area contributed by atoms with E-state index in [4.69, 9.17) is 32.4 Å². The normalized spacial score (nSPS) is 13.5. The first-order valence-corrected chi connectivity index (χ1v) is 15.9. The van der Waals surface area contributed by atoms with Crippen molar-refractivity contribution in [3.63, 3.8) is 0 Å². The van der Waals surface area contributed by atoms with Gasteiger partial charge in [0.15, 0.2) is 10.9 Å². The number of carbonyl (C=O) groups is 1. The Hall–Kier alpha value is -3.51. The fourth-order valence-corrected chi connectivity index (χ4v) is 6.73. The van der Waals surface area contributed by atoms with E-state index in [1.165, 1.54) is 23.1 Å². The Balaban J connectivity index is 1.13. The largest absolute Gasteiger partial charge is 0.492 e. The van der Waals surface area contributed by atoms with Crippen molar-refractivity contribution in [2.45, 2.75) is 17.8 Å². The molecule has 1 fully saturated rings. The van der Waals surface area contributed by atoms with Gasteiger partial charge in [-0.05, 0) is 49.4 Å². The molecule has 1 saturated heterocycles. The smallest absolute Gasteiger partial charge is 0.273 e. The van der Waals surface area contributed by atoms with Crippen LogP contribution in [-0.2, 0) is 5.75 Å². The van der Waals surface area contributed by atoms with Crippen LogP contribution in [0.3, 0.4) is 0 Å². The Labute approximate surface area is 261 Å².